The smallest absolute Gasteiger partial charge is 0.248 e. The molecule has 1 aromatic carbocycles. The van der Waals surface area contributed by atoms with Gasteiger partial charge >= 0.3 is 0 Å². The van der Waals surface area contributed by atoms with Crippen molar-refractivity contribution in [2.45, 2.75) is 51.5 Å². The second-order valence-electron chi connectivity index (χ2n) is 6.97. The lowest BCUT2D eigenvalue weighted by Crippen LogP contribution is -2.24. The van der Waals surface area contributed by atoms with Crippen LogP contribution in [0.15, 0.2) is 42.7 Å². The second kappa shape index (κ2) is 8.65. The molecule has 0 spiro atoms. The summed E-state index contributed by atoms with van der Waals surface area (Å²) in [4.78, 5) is 24.5. The van der Waals surface area contributed by atoms with Crippen LogP contribution in [0.4, 0.5) is 11.4 Å². The van der Waals surface area contributed by atoms with Crippen LogP contribution in [0.2, 0.25) is 0 Å². The van der Waals surface area contributed by atoms with Gasteiger partial charge in [0.2, 0.25) is 11.8 Å². The predicted octanol–water partition coefficient (Wildman–Crippen LogP) is 3.99. The van der Waals surface area contributed by atoms with Gasteiger partial charge in [0.15, 0.2) is 0 Å². The number of carbonyl (C=O) groups excluding carboxylic acids is 2. The highest BCUT2D eigenvalue weighted by molar-refractivity contribution is 5.95. The molecule has 1 unspecified atom stereocenters. The van der Waals surface area contributed by atoms with E-state index in [1.807, 2.05) is 18.2 Å². The van der Waals surface area contributed by atoms with Gasteiger partial charge in [0, 0.05) is 30.2 Å². The Balaban J connectivity index is 1.52. The third kappa shape index (κ3) is 4.94. The Morgan fingerprint density at radius 2 is 1.92 bits per heavy atom. The van der Waals surface area contributed by atoms with Gasteiger partial charge in [0.05, 0.1) is 0 Å². The lowest BCUT2D eigenvalue weighted by molar-refractivity contribution is -0.119. The van der Waals surface area contributed by atoms with Gasteiger partial charge in [-0.1, -0.05) is 31.7 Å². The van der Waals surface area contributed by atoms with Gasteiger partial charge in [0.1, 0.15) is 6.04 Å². The molecule has 6 nitrogen and oxygen atoms in total. The Morgan fingerprint density at radius 3 is 2.62 bits per heavy atom. The van der Waals surface area contributed by atoms with Crippen LogP contribution in [0.3, 0.4) is 0 Å². The van der Waals surface area contributed by atoms with E-state index >= 15 is 0 Å². The van der Waals surface area contributed by atoms with Crippen LogP contribution >= 0.6 is 0 Å². The standard InChI is InChI=1S/C20H26N4O2/c1-15(24-13-5-12-21-24)20(26)23-18-9-4-8-17(14-18)22-19(25)11-10-16-6-2-3-7-16/h4-5,8-9,12-16H,2-3,6-7,10-11H2,1H3,(H,22,25)(H,23,26). The van der Waals surface area contributed by atoms with Crippen molar-refractivity contribution in [2.75, 3.05) is 10.6 Å². The van der Waals surface area contributed by atoms with Gasteiger partial charge in [0.25, 0.3) is 0 Å². The van der Waals surface area contributed by atoms with Crippen molar-refractivity contribution < 1.29 is 9.59 Å². The van der Waals surface area contributed by atoms with Gasteiger partial charge < -0.3 is 10.6 Å². The maximum absolute atomic E-state index is 12.3. The molecule has 6 heteroatoms. The molecule has 0 radical (unpaired) electrons. The first-order valence-electron chi connectivity index (χ1n) is 9.32. The van der Waals surface area contributed by atoms with Crippen molar-refractivity contribution in [3.8, 4) is 0 Å². The molecule has 3 rings (SSSR count). The van der Waals surface area contributed by atoms with Crippen molar-refractivity contribution in [1.29, 1.82) is 0 Å². The maximum Gasteiger partial charge on any atom is 0.248 e. The van der Waals surface area contributed by atoms with E-state index in [0.29, 0.717) is 23.7 Å². The van der Waals surface area contributed by atoms with Crippen molar-refractivity contribution in [2.24, 2.45) is 5.92 Å². The number of nitrogens with one attached hydrogen (secondary N) is 2. The Labute approximate surface area is 154 Å². The fourth-order valence-electron chi connectivity index (χ4n) is 3.41. The fraction of sp³-hybridized carbons (Fsp3) is 0.450. The first-order valence-corrected chi connectivity index (χ1v) is 9.32. The molecule has 1 aliphatic rings. The highest BCUT2D eigenvalue weighted by Gasteiger charge is 2.17. The summed E-state index contributed by atoms with van der Waals surface area (Å²) < 4.78 is 1.60. The van der Waals surface area contributed by atoms with Crippen LogP contribution in [0.25, 0.3) is 0 Å². The molecule has 1 aliphatic carbocycles. The highest BCUT2D eigenvalue weighted by atomic mass is 16.2. The van der Waals surface area contributed by atoms with E-state index in [2.05, 4.69) is 15.7 Å². The minimum Gasteiger partial charge on any atom is -0.326 e. The molecule has 1 fully saturated rings. The average molecular weight is 354 g/mol. The van der Waals surface area contributed by atoms with E-state index < -0.39 is 6.04 Å². The molecule has 2 amide bonds. The summed E-state index contributed by atoms with van der Waals surface area (Å²) in [6.45, 7) is 1.79. The number of rotatable bonds is 7. The topological polar surface area (TPSA) is 76.0 Å². The van der Waals surface area contributed by atoms with Gasteiger partial charge in [-0.3, -0.25) is 14.3 Å². The first-order chi connectivity index (χ1) is 12.6. The molecule has 2 N–H and O–H groups in total. The average Bonchev–Trinajstić information content (AvgIpc) is 3.33. The maximum atomic E-state index is 12.3. The van der Waals surface area contributed by atoms with Crippen molar-refractivity contribution in [3.05, 3.63) is 42.7 Å². The minimum absolute atomic E-state index is 0.0327. The summed E-state index contributed by atoms with van der Waals surface area (Å²) in [5, 5.41) is 9.89. The Hall–Kier alpha value is -2.63. The van der Waals surface area contributed by atoms with Crippen molar-refractivity contribution in [3.63, 3.8) is 0 Å². The predicted molar refractivity (Wildman–Crippen MR) is 102 cm³/mol. The van der Waals surface area contributed by atoms with Gasteiger partial charge in [-0.25, -0.2) is 0 Å². The number of aromatic nitrogens is 2. The first kappa shape index (κ1) is 18.2. The lowest BCUT2D eigenvalue weighted by atomic mass is 10.0. The van der Waals surface area contributed by atoms with Crippen LogP contribution in [0.1, 0.15) is 51.5 Å². The summed E-state index contributed by atoms with van der Waals surface area (Å²) in [6.07, 6.45) is 10.0. The number of nitrogens with zero attached hydrogens (tertiary/aromatic N) is 2. The molecule has 1 saturated carbocycles. The van der Waals surface area contributed by atoms with E-state index in [1.165, 1.54) is 25.7 Å². The number of carbonyl (C=O) groups is 2. The molecule has 1 heterocycles. The number of amides is 2. The summed E-state index contributed by atoms with van der Waals surface area (Å²) in [7, 11) is 0. The van der Waals surface area contributed by atoms with E-state index in [9.17, 15) is 9.59 Å². The Kier molecular flexibility index (Phi) is 6.04. The zero-order valence-electron chi connectivity index (χ0n) is 15.1. The highest BCUT2D eigenvalue weighted by Crippen LogP contribution is 2.28. The van der Waals surface area contributed by atoms with E-state index in [4.69, 9.17) is 0 Å². The van der Waals surface area contributed by atoms with Gasteiger partial charge in [-0.2, -0.15) is 5.10 Å². The number of hydrogen-bond acceptors (Lipinski definition) is 3. The third-order valence-electron chi connectivity index (χ3n) is 4.97. The fourth-order valence-corrected chi connectivity index (χ4v) is 3.41. The van der Waals surface area contributed by atoms with E-state index in [1.54, 1.807) is 36.1 Å². The van der Waals surface area contributed by atoms with Crippen LogP contribution in [0, 0.1) is 5.92 Å². The summed E-state index contributed by atoms with van der Waals surface area (Å²) in [5.74, 6) is 0.582. The lowest BCUT2D eigenvalue weighted by Gasteiger charge is -2.14. The van der Waals surface area contributed by atoms with E-state index in [-0.39, 0.29) is 11.8 Å². The normalized spacial score (nSPS) is 15.6. The summed E-state index contributed by atoms with van der Waals surface area (Å²) in [6, 6.07) is 8.62. The molecule has 26 heavy (non-hydrogen) atoms. The molecular weight excluding hydrogens is 328 g/mol. The molecule has 0 bridgehead atoms. The molecular formula is C20H26N4O2. The van der Waals surface area contributed by atoms with Crippen LogP contribution in [-0.2, 0) is 9.59 Å². The molecule has 0 aliphatic heterocycles. The van der Waals surface area contributed by atoms with Gasteiger partial charge in [-0.15, -0.1) is 0 Å². The zero-order valence-corrected chi connectivity index (χ0v) is 15.1. The third-order valence-corrected chi connectivity index (χ3v) is 4.97. The number of anilines is 2. The number of benzene rings is 1. The monoisotopic (exact) mass is 354 g/mol. The SMILES string of the molecule is CC(C(=O)Nc1cccc(NC(=O)CCC2CCCC2)c1)n1cccn1. The molecule has 1 atom stereocenters. The van der Waals surface area contributed by atoms with Crippen molar-refractivity contribution in [1.82, 2.24) is 9.78 Å². The molecule has 138 valence electrons. The summed E-state index contributed by atoms with van der Waals surface area (Å²) in [5.41, 5.74) is 1.36. The molecule has 0 saturated heterocycles. The van der Waals surface area contributed by atoms with Crippen LogP contribution < -0.4 is 10.6 Å². The Bertz CT molecular complexity index is 736. The number of hydrogen-bond donors (Lipinski definition) is 2. The molecule has 1 aromatic heterocycles. The van der Waals surface area contributed by atoms with Gasteiger partial charge in [-0.05, 0) is 43.5 Å². The minimum atomic E-state index is -0.408. The largest absolute Gasteiger partial charge is 0.326 e. The second-order valence-corrected chi connectivity index (χ2v) is 6.97. The summed E-state index contributed by atoms with van der Waals surface area (Å²) >= 11 is 0. The van der Waals surface area contributed by atoms with Crippen LogP contribution in [-0.4, -0.2) is 21.6 Å². The zero-order chi connectivity index (χ0) is 18.4. The van der Waals surface area contributed by atoms with Crippen molar-refractivity contribution >= 4 is 23.2 Å². The van der Waals surface area contributed by atoms with Crippen LogP contribution in [0.5, 0.6) is 0 Å². The Morgan fingerprint density at radius 1 is 1.19 bits per heavy atom. The van der Waals surface area contributed by atoms with E-state index in [0.717, 1.165) is 6.42 Å². The molecule has 2 aromatic rings. The quantitative estimate of drug-likeness (QED) is 0.789.